The summed E-state index contributed by atoms with van der Waals surface area (Å²) in [6.07, 6.45) is -2.53. The van der Waals surface area contributed by atoms with E-state index in [-0.39, 0.29) is 25.4 Å². The predicted molar refractivity (Wildman–Crippen MR) is 78.3 cm³/mol. The Morgan fingerprint density at radius 1 is 1.29 bits per heavy atom. The first-order valence-corrected chi connectivity index (χ1v) is 8.63. The summed E-state index contributed by atoms with van der Waals surface area (Å²) in [5.74, 6) is -0.502. The summed E-state index contributed by atoms with van der Waals surface area (Å²) < 4.78 is 38.3. The molecule has 0 aliphatic carbocycles. The minimum absolute atomic E-state index is 0.144. The Bertz CT molecular complexity index is 365. The molecule has 2 atom stereocenters. The zero-order valence-electron chi connectivity index (χ0n) is 12.4. The maximum atomic E-state index is 12.8. The van der Waals surface area contributed by atoms with Crippen LogP contribution in [-0.4, -0.2) is 65.6 Å². The Balaban J connectivity index is 1.85. The third-order valence-corrected chi connectivity index (χ3v) is 5.65. The van der Waals surface area contributed by atoms with E-state index in [2.05, 4.69) is 11.8 Å². The second-order valence-electron chi connectivity index (χ2n) is 5.86. The molecule has 0 aromatic heterocycles. The molecule has 0 saturated carbocycles. The number of carbonyl (C=O) groups is 1. The highest BCUT2D eigenvalue weighted by Gasteiger charge is 2.42. The Kier molecular flexibility index (Phi) is 5.82. The predicted octanol–water partition coefficient (Wildman–Crippen LogP) is 2.61. The van der Waals surface area contributed by atoms with Crippen molar-refractivity contribution in [2.45, 2.75) is 37.6 Å². The normalized spacial score (nSPS) is 28.7. The van der Waals surface area contributed by atoms with Crippen LogP contribution in [0, 0.1) is 5.92 Å². The fraction of sp³-hybridized carbons (Fsp3) is 0.929. The number of nitrogens with zero attached hydrogens (tertiary/aromatic N) is 2. The summed E-state index contributed by atoms with van der Waals surface area (Å²) >= 11 is 1.92. The highest BCUT2D eigenvalue weighted by atomic mass is 32.2. The molecule has 0 radical (unpaired) electrons. The number of hydrogen-bond acceptors (Lipinski definition) is 3. The van der Waals surface area contributed by atoms with Crippen LogP contribution in [0.3, 0.4) is 0 Å². The van der Waals surface area contributed by atoms with E-state index in [1.807, 2.05) is 11.8 Å². The van der Waals surface area contributed by atoms with E-state index in [1.54, 1.807) is 0 Å². The van der Waals surface area contributed by atoms with Crippen molar-refractivity contribution in [3.05, 3.63) is 0 Å². The molecule has 2 fully saturated rings. The maximum absolute atomic E-state index is 12.8. The number of likely N-dealkylation sites (tertiary alicyclic amines) is 1. The molecule has 0 aromatic rings. The van der Waals surface area contributed by atoms with Crippen LogP contribution in [0.2, 0.25) is 0 Å². The third-order valence-electron chi connectivity index (χ3n) is 4.27. The van der Waals surface area contributed by atoms with Crippen LogP contribution in [0.1, 0.15) is 26.2 Å². The van der Waals surface area contributed by atoms with Crippen LogP contribution in [0.5, 0.6) is 0 Å². The fourth-order valence-corrected chi connectivity index (χ4v) is 4.18. The lowest BCUT2D eigenvalue weighted by Crippen LogP contribution is -2.49. The van der Waals surface area contributed by atoms with Gasteiger partial charge in [-0.2, -0.15) is 24.9 Å². The molecule has 2 heterocycles. The van der Waals surface area contributed by atoms with Crippen molar-refractivity contribution >= 4 is 17.7 Å². The topological polar surface area (TPSA) is 23.6 Å². The molecule has 2 aliphatic heterocycles. The van der Waals surface area contributed by atoms with E-state index >= 15 is 0 Å². The maximum Gasteiger partial charge on any atom is 0.393 e. The molecule has 0 spiro atoms. The van der Waals surface area contributed by atoms with E-state index < -0.39 is 12.1 Å². The van der Waals surface area contributed by atoms with Gasteiger partial charge < -0.3 is 4.90 Å². The number of carbonyl (C=O) groups excluding carboxylic acids is 1. The summed E-state index contributed by atoms with van der Waals surface area (Å²) in [5.41, 5.74) is 0. The zero-order chi connectivity index (χ0) is 15.5. The van der Waals surface area contributed by atoms with Gasteiger partial charge in [0.05, 0.1) is 12.5 Å². The van der Waals surface area contributed by atoms with Crippen LogP contribution in [0.25, 0.3) is 0 Å². The first kappa shape index (κ1) is 16.9. The van der Waals surface area contributed by atoms with Crippen molar-refractivity contribution in [3.8, 4) is 0 Å². The second-order valence-corrected chi connectivity index (χ2v) is 7.26. The SMILES string of the molecule is CC[C@H]1CN(CC(=O)N2CCC[C@H](C(F)(F)F)C2)CCS1. The first-order chi connectivity index (χ1) is 9.90. The van der Waals surface area contributed by atoms with Crippen LogP contribution in [-0.2, 0) is 4.79 Å². The molecule has 21 heavy (non-hydrogen) atoms. The molecule has 122 valence electrons. The first-order valence-electron chi connectivity index (χ1n) is 7.58. The van der Waals surface area contributed by atoms with Crippen molar-refractivity contribution in [1.29, 1.82) is 0 Å². The number of thioether (sulfide) groups is 1. The summed E-state index contributed by atoms with van der Waals surface area (Å²) in [6.45, 7) is 4.41. The molecule has 3 nitrogen and oxygen atoms in total. The molecule has 2 rings (SSSR count). The number of halogens is 3. The van der Waals surface area contributed by atoms with E-state index in [0.717, 1.165) is 25.3 Å². The molecule has 1 amide bonds. The van der Waals surface area contributed by atoms with Crippen LogP contribution < -0.4 is 0 Å². The minimum Gasteiger partial charge on any atom is -0.341 e. The van der Waals surface area contributed by atoms with Crippen molar-refractivity contribution in [2.24, 2.45) is 5.92 Å². The molecule has 2 saturated heterocycles. The summed E-state index contributed by atoms with van der Waals surface area (Å²) in [4.78, 5) is 15.7. The van der Waals surface area contributed by atoms with E-state index in [9.17, 15) is 18.0 Å². The van der Waals surface area contributed by atoms with E-state index in [4.69, 9.17) is 0 Å². The van der Waals surface area contributed by atoms with Crippen molar-refractivity contribution in [1.82, 2.24) is 9.80 Å². The number of hydrogen-bond donors (Lipinski definition) is 0. The fourth-order valence-electron chi connectivity index (χ4n) is 2.93. The monoisotopic (exact) mass is 324 g/mol. The van der Waals surface area contributed by atoms with Crippen molar-refractivity contribution in [3.63, 3.8) is 0 Å². The third kappa shape index (κ3) is 4.77. The van der Waals surface area contributed by atoms with Gasteiger partial charge in [-0.05, 0) is 19.3 Å². The molecule has 0 aromatic carbocycles. The average Bonchev–Trinajstić information content (AvgIpc) is 2.46. The lowest BCUT2D eigenvalue weighted by molar-refractivity contribution is -0.188. The summed E-state index contributed by atoms with van der Waals surface area (Å²) in [7, 11) is 0. The summed E-state index contributed by atoms with van der Waals surface area (Å²) in [5, 5.41) is 0.538. The Morgan fingerprint density at radius 2 is 2.05 bits per heavy atom. The van der Waals surface area contributed by atoms with Crippen LogP contribution in [0.15, 0.2) is 0 Å². The minimum atomic E-state index is -4.19. The molecule has 0 unspecified atom stereocenters. The van der Waals surface area contributed by atoms with Gasteiger partial charge in [0.2, 0.25) is 5.91 Å². The Morgan fingerprint density at radius 3 is 2.71 bits per heavy atom. The van der Waals surface area contributed by atoms with E-state index in [1.165, 1.54) is 4.90 Å². The lowest BCUT2D eigenvalue weighted by Gasteiger charge is -2.36. The van der Waals surface area contributed by atoms with Gasteiger partial charge in [0.15, 0.2) is 0 Å². The van der Waals surface area contributed by atoms with Gasteiger partial charge in [0.25, 0.3) is 0 Å². The molecular weight excluding hydrogens is 301 g/mol. The number of alkyl halides is 3. The highest BCUT2D eigenvalue weighted by Crippen LogP contribution is 2.33. The number of piperidine rings is 1. The van der Waals surface area contributed by atoms with Gasteiger partial charge in [-0.1, -0.05) is 6.92 Å². The van der Waals surface area contributed by atoms with Gasteiger partial charge in [-0.25, -0.2) is 0 Å². The second kappa shape index (κ2) is 7.22. The smallest absolute Gasteiger partial charge is 0.341 e. The van der Waals surface area contributed by atoms with Gasteiger partial charge in [0.1, 0.15) is 0 Å². The van der Waals surface area contributed by atoms with Gasteiger partial charge in [-0.15, -0.1) is 0 Å². The highest BCUT2D eigenvalue weighted by molar-refractivity contribution is 8.00. The largest absolute Gasteiger partial charge is 0.393 e. The van der Waals surface area contributed by atoms with Gasteiger partial charge in [0, 0.05) is 37.2 Å². The molecule has 0 bridgehead atoms. The Labute approximate surface area is 128 Å². The number of amides is 1. The van der Waals surface area contributed by atoms with Crippen molar-refractivity contribution < 1.29 is 18.0 Å². The van der Waals surface area contributed by atoms with Crippen LogP contribution in [0.4, 0.5) is 13.2 Å². The summed E-state index contributed by atoms with van der Waals surface area (Å²) in [6, 6.07) is 0. The quantitative estimate of drug-likeness (QED) is 0.797. The van der Waals surface area contributed by atoms with E-state index in [0.29, 0.717) is 18.2 Å². The van der Waals surface area contributed by atoms with Crippen molar-refractivity contribution in [2.75, 3.05) is 38.5 Å². The zero-order valence-corrected chi connectivity index (χ0v) is 13.2. The molecule has 2 aliphatic rings. The van der Waals surface area contributed by atoms with Crippen LogP contribution >= 0.6 is 11.8 Å². The van der Waals surface area contributed by atoms with Gasteiger partial charge >= 0.3 is 6.18 Å². The molecule has 0 N–H and O–H groups in total. The average molecular weight is 324 g/mol. The molecular formula is C14H23F3N2OS. The lowest BCUT2D eigenvalue weighted by atomic mass is 9.97. The molecule has 7 heteroatoms. The standard InChI is InChI=1S/C14H23F3N2OS/c1-2-12-9-18(6-7-21-12)10-13(20)19-5-3-4-11(8-19)14(15,16)17/h11-12H,2-10H2,1H3/t11-,12-/m0/s1. The number of rotatable bonds is 3. The Hall–Kier alpha value is -0.430. The van der Waals surface area contributed by atoms with Gasteiger partial charge in [-0.3, -0.25) is 9.69 Å².